The van der Waals surface area contributed by atoms with Crippen LogP contribution < -0.4 is 5.32 Å². The Morgan fingerprint density at radius 1 is 1.06 bits per heavy atom. The first-order chi connectivity index (χ1) is 8.69. The molecule has 0 spiro atoms. The zero-order chi connectivity index (χ0) is 13.0. The highest BCUT2D eigenvalue weighted by atomic mass is 79.9. The molecule has 0 saturated heterocycles. The smallest absolute Gasteiger partial charge is 0.0403 e. The summed E-state index contributed by atoms with van der Waals surface area (Å²) in [4.78, 5) is 0. The maximum Gasteiger partial charge on any atom is 0.0403 e. The zero-order valence-electron chi connectivity index (χ0n) is 10.8. The average molecular weight is 304 g/mol. The van der Waals surface area contributed by atoms with Crippen LogP contribution in [0.2, 0.25) is 0 Å². The van der Waals surface area contributed by atoms with Gasteiger partial charge in [0.05, 0.1) is 0 Å². The Morgan fingerprint density at radius 3 is 2.44 bits per heavy atom. The normalized spacial score (nSPS) is 10.4. The van der Waals surface area contributed by atoms with Crippen molar-refractivity contribution in [2.45, 2.75) is 26.8 Å². The Bertz CT molecular complexity index is 514. The van der Waals surface area contributed by atoms with Gasteiger partial charge >= 0.3 is 0 Å². The summed E-state index contributed by atoms with van der Waals surface area (Å²) >= 11 is 3.53. The van der Waals surface area contributed by atoms with Crippen LogP contribution >= 0.6 is 15.9 Å². The zero-order valence-corrected chi connectivity index (χ0v) is 12.4. The van der Waals surface area contributed by atoms with E-state index in [1.165, 1.54) is 16.7 Å². The van der Waals surface area contributed by atoms with E-state index in [9.17, 15) is 0 Å². The average Bonchev–Trinajstić information content (AvgIpc) is 2.35. The molecule has 0 aliphatic carbocycles. The lowest BCUT2D eigenvalue weighted by Gasteiger charge is -2.11. The topological polar surface area (TPSA) is 12.0 Å². The third kappa shape index (κ3) is 3.36. The van der Waals surface area contributed by atoms with Crippen molar-refractivity contribution in [2.24, 2.45) is 0 Å². The molecule has 2 aromatic carbocycles. The van der Waals surface area contributed by atoms with Gasteiger partial charge in [-0.25, -0.2) is 0 Å². The fraction of sp³-hybridized carbons (Fsp3) is 0.250. The van der Waals surface area contributed by atoms with E-state index >= 15 is 0 Å². The summed E-state index contributed by atoms with van der Waals surface area (Å²) < 4.78 is 1.12. The molecule has 0 atom stereocenters. The Hall–Kier alpha value is -1.28. The van der Waals surface area contributed by atoms with Crippen LogP contribution in [0.25, 0.3) is 0 Å². The van der Waals surface area contributed by atoms with E-state index < -0.39 is 0 Å². The van der Waals surface area contributed by atoms with E-state index in [-0.39, 0.29) is 0 Å². The van der Waals surface area contributed by atoms with Gasteiger partial charge in [0.1, 0.15) is 0 Å². The van der Waals surface area contributed by atoms with E-state index in [4.69, 9.17) is 0 Å². The molecule has 18 heavy (non-hydrogen) atoms. The fourth-order valence-electron chi connectivity index (χ4n) is 2.11. The molecule has 2 aromatic rings. The Morgan fingerprint density at radius 2 is 1.78 bits per heavy atom. The predicted octanol–water partition coefficient (Wildman–Crippen LogP) is 4.93. The van der Waals surface area contributed by atoms with Crippen LogP contribution in [-0.4, -0.2) is 0 Å². The van der Waals surface area contributed by atoms with Gasteiger partial charge in [0.15, 0.2) is 0 Å². The minimum Gasteiger partial charge on any atom is -0.381 e. The van der Waals surface area contributed by atoms with Crippen molar-refractivity contribution in [2.75, 3.05) is 5.32 Å². The first-order valence-electron chi connectivity index (χ1n) is 6.27. The van der Waals surface area contributed by atoms with Gasteiger partial charge < -0.3 is 5.32 Å². The van der Waals surface area contributed by atoms with E-state index in [1.807, 2.05) is 0 Å². The molecule has 1 N–H and O–H groups in total. The van der Waals surface area contributed by atoms with Crippen LogP contribution in [0.4, 0.5) is 5.69 Å². The number of anilines is 1. The van der Waals surface area contributed by atoms with Gasteiger partial charge in [0.25, 0.3) is 0 Å². The molecule has 0 fully saturated rings. The molecular weight excluding hydrogens is 286 g/mol. The highest BCUT2D eigenvalue weighted by Crippen LogP contribution is 2.20. The second-order valence-corrected chi connectivity index (χ2v) is 5.41. The molecule has 2 heteroatoms. The van der Waals surface area contributed by atoms with E-state index in [0.717, 1.165) is 23.1 Å². The van der Waals surface area contributed by atoms with Gasteiger partial charge in [-0.3, -0.25) is 0 Å². The van der Waals surface area contributed by atoms with Crippen molar-refractivity contribution in [1.29, 1.82) is 0 Å². The van der Waals surface area contributed by atoms with Gasteiger partial charge in [0, 0.05) is 16.7 Å². The van der Waals surface area contributed by atoms with Crippen LogP contribution in [0.15, 0.2) is 46.9 Å². The molecular formula is C16H18BrN. The predicted molar refractivity (Wildman–Crippen MR) is 82.0 cm³/mol. The highest BCUT2D eigenvalue weighted by molar-refractivity contribution is 9.10. The Balaban J connectivity index is 2.11. The second-order valence-electron chi connectivity index (χ2n) is 4.49. The molecule has 1 nitrogen and oxygen atoms in total. The first-order valence-corrected chi connectivity index (χ1v) is 7.06. The molecule has 0 saturated carbocycles. The summed E-state index contributed by atoms with van der Waals surface area (Å²) in [5.41, 5.74) is 5.21. The minimum absolute atomic E-state index is 0.875. The van der Waals surface area contributed by atoms with E-state index in [1.54, 1.807) is 0 Å². The van der Waals surface area contributed by atoms with Crippen molar-refractivity contribution < 1.29 is 0 Å². The largest absolute Gasteiger partial charge is 0.381 e. The van der Waals surface area contributed by atoms with Gasteiger partial charge in [-0.1, -0.05) is 47.1 Å². The summed E-state index contributed by atoms with van der Waals surface area (Å²) in [5.74, 6) is 0. The van der Waals surface area contributed by atoms with Crippen molar-refractivity contribution in [3.8, 4) is 0 Å². The lowest BCUT2D eigenvalue weighted by molar-refractivity contribution is 1.04. The molecule has 0 aliphatic heterocycles. The lowest BCUT2D eigenvalue weighted by atomic mass is 10.1. The molecule has 94 valence electrons. The van der Waals surface area contributed by atoms with E-state index in [2.05, 4.69) is 77.6 Å². The SMILES string of the molecule is CCc1ccccc1CNc1cc(C)cc(Br)c1. The summed E-state index contributed by atoms with van der Waals surface area (Å²) in [6, 6.07) is 15.0. The van der Waals surface area contributed by atoms with Crippen LogP contribution in [0.3, 0.4) is 0 Å². The van der Waals surface area contributed by atoms with Crippen molar-refractivity contribution in [1.82, 2.24) is 0 Å². The molecule has 0 radical (unpaired) electrons. The number of nitrogens with one attached hydrogen (secondary N) is 1. The first kappa shape index (κ1) is 13.2. The summed E-state index contributed by atoms with van der Waals surface area (Å²) in [5, 5.41) is 3.49. The number of benzene rings is 2. The molecule has 0 aliphatic rings. The van der Waals surface area contributed by atoms with Gasteiger partial charge in [0.2, 0.25) is 0 Å². The quantitative estimate of drug-likeness (QED) is 0.844. The van der Waals surface area contributed by atoms with Crippen LogP contribution in [0.1, 0.15) is 23.6 Å². The summed E-state index contributed by atoms with van der Waals surface area (Å²) in [7, 11) is 0. The van der Waals surface area contributed by atoms with Crippen LogP contribution in [-0.2, 0) is 13.0 Å². The van der Waals surface area contributed by atoms with E-state index in [0.29, 0.717) is 0 Å². The molecule has 0 bridgehead atoms. The van der Waals surface area contributed by atoms with Gasteiger partial charge in [-0.05, 0) is 48.2 Å². The number of rotatable bonds is 4. The number of hydrogen-bond acceptors (Lipinski definition) is 1. The number of aryl methyl sites for hydroxylation is 2. The summed E-state index contributed by atoms with van der Waals surface area (Å²) in [6.07, 6.45) is 1.08. The third-order valence-corrected chi connectivity index (χ3v) is 3.48. The standard InChI is InChI=1S/C16H18BrN/c1-3-13-6-4-5-7-14(13)11-18-16-9-12(2)8-15(17)10-16/h4-10,18H,3,11H2,1-2H3. The molecule has 2 rings (SSSR count). The maximum atomic E-state index is 3.53. The molecule has 0 aromatic heterocycles. The number of halogens is 1. The summed E-state index contributed by atoms with van der Waals surface area (Å²) in [6.45, 7) is 5.18. The molecule has 0 heterocycles. The lowest BCUT2D eigenvalue weighted by Crippen LogP contribution is -2.02. The Kier molecular flexibility index (Phi) is 4.43. The monoisotopic (exact) mass is 303 g/mol. The fourth-order valence-corrected chi connectivity index (χ4v) is 2.72. The molecule has 0 unspecified atom stereocenters. The second kappa shape index (κ2) is 6.05. The minimum atomic E-state index is 0.875. The van der Waals surface area contributed by atoms with Gasteiger partial charge in [-0.15, -0.1) is 0 Å². The highest BCUT2D eigenvalue weighted by Gasteiger charge is 2.00. The number of hydrogen-bond donors (Lipinski definition) is 1. The third-order valence-electron chi connectivity index (χ3n) is 3.02. The van der Waals surface area contributed by atoms with Crippen LogP contribution in [0.5, 0.6) is 0 Å². The van der Waals surface area contributed by atoms with Gasteiger partial charge in [-0.2, -0.15) is 0 Å². The van der Waals surface area contributed by atoms with Crippen molar-refractivity contribution in [3.05, 3.63) is 63.6 Å². The van der Waals surface area contributed by atoms with Crippen LogP contribution in [0, 0.1) is 6.92 Å². The Labute approximate surface area is 117 Å². The van der Waals surface area contributed by atoms with Crippen molar-refractivity contribution >= 4 is 21.6 Å². The maximum absolute atomic E-state index is 3.53. The molecule has 0 amide bonds. The van der Waals surface area contributed by atoms with Crippen molar-refractivity contribution in [3.63, 3.8) is 0 Å².